The molecule has 16 heavy (non-hydrogen) atoms. The number of likely N-dealkylation sites (N-methyl/N-ethyl adjacent to an activating group) is 1. The minimum atomic E-state index is -0.822. The quantitative estimate of drug-likeness (QED) is 0.809. The second-order valence-electron chi connectivity index (χ2n) is 3.41. The van der Waals surface area contributed by atoms with Crippen molar-refractivity contribution < 1.29 is 13.5 Å². The Hall–Kier alpha value is -1.00. The Bertz CT molecular complexity index is 331. The molecule has 1 atom stereocenters. The minimum Gasteiger partial charge on any atom is -0.380 e. The summed E-state index contributed by atoms with van der Waals surface area (Å²) in [4.78, 5) is 0. The average molecular weight is 229 g/mol. The maximum atomic E-state index is 13.5. The van der Waals surface area contributed by atoms with Gasteiger partial charge in [0.05, 0.1) is 12.6 Å². The molecule has 4 heteroatoms. The molecular formula is C12H17F2NO. The third kappa shape index (κ3) is 3.25. The monoisotopic (exact) mass is 229 g/mol. The molecule has 1 unspecified atom stereocenters. The molecule has 0 bridgehead atoms. The molecule has 0 fully saturated rings. The van der Waals surface area contributed by atoms with Crippen LogP contribution in [0.1, 0.15) is 25.5 Å². The van der Waals surface area contributed by atoms with Crippen molar-refractivity contribution >= 4 is 0 Å². The van der Waals surface area contributed by atoms with Crippen LogP contribution in [0.25, 0.3) is 0 Å². The highest BCUT2D eigenvalue weighted by molar-refractivity contribution is 5.22. The van der Waals surface area contributed by atoms with Crippen molar-refractivity contribution in [2.24, 2.45) is 0 Å². The molecule has 0 aliphatic heterocycles. The molecule has 1 aromatic rings. The zero-order valence-corrected chi connectivity index (χ0v) is 9.59. The molecule has 0 saturated heterocycles. The highest BCUT2D eigenvalue weighted by Crippen LogP contribution is 2.19. The molecule has 2 nitrogen and oxygen atoms in total. The van der Waals surface area contributed by atoms with Gasteiger partial charge in [0, 0.05) is 12.2 Å². The predicted molar refractivity (Wildman–Crippen MR) is 59.3 cm³/mol. The third-order valence-corrected chi connectivity index (χ3v) is 2.30. The Labute approximate surface area is 94.6 Å². The summed E-state index contributed by atoms with van der Waals surface area (Å²) in [5.41, 5.74) is 0.315. The molecule has 0 aliphatic carbocycles. The molecule has 1 rings (SSSR count). The van der Waals surface area contributed by atoms with Crippen molar-refractivity contribution in [1.29, 1.82) is 0 Å². The van der Waals surface area contributed by atoms with Crippen LogP contribution in [0.5, 0.6) is 0 Å². The van der Waals surface area contributed by atoms with Crippen LogP contribution in [-0.4, -0.2) is 19.8 Å². The number of halogens is 2. The smallest absolute Gasteiger partial charge is 0.163 e. The highest BCUT2D eigenvalue weighted by Gasteiger charge is 2.17. The van der Waals surface area contributed by atoms with Gasteiger partial charge in [-0.05, 0) is 19.5 Å². The molecule has 0 radical (unpaired) electrons. The van der Waals surface area contributed by atoms with Crippen LogP contribution >= 0.6 is 0 Å². The lowest BCUT2D eigenvalue weighted by Gasteiger charge is -2.18. The zero-order valence-electron chi connectivity index (χ0n) is 9.59. The number of benzene rings is 1. The van der Waals surface area contributed by atoms with Gasteiger partial charge in [-0.25, -0.2) is 8.78 Å². The molecule has 0 aromatic heterocycles. The second kappa shape index (κ2) is 6.55. The molecule has 0 heterocycles. The molecule has 0 aliphatic rings. The van der Waals surface area contributed by atoms with Gasteiger partial charge in [0.1, 0.15) is 0 Å². The largest absolute Gasteiger partial charge is 0.380 e. The van der Waals surface area contributed by atoms with Crippen molar-refractivity contribution in [3.05, 3.63) is 35.4 Å². The van der Waals surface area contributed by atoms with E-state index in [9.17, 15) is 8.78 Å². The summed E-state index contributed by atoms with van der Waals surface area (Å²) in [5, 5.41) is 3.07. The van der Waals surface area contributed by atoms with Crippen LogP contribution in [0, 0.1) is 11.6 Å². The second-order valence-corrected chi connectivity index (χ2v) is 3.41. The maximum Gasteiger partial charge on any atom is 0.163 e. The van der Waals surface area contributed by atoms with E-state index in [2.05, 4.69) is 5.32 Å². The van der Waals surface area contributed by atoms with Gasteiger partial charge in [0.15, 0.2) is 11.6 Å². The Morgan fingerprint density at radius 3 is 2.69 bits per heavy atom. The normalized spacial score (nSPS) is 12.8. The van der Waals surface area contributed by atoms with Crippen LogP contribution in [0.15, 0.2) is 18.2 Å². The fraction of sp³-hybridized carbons (Fsp3) is 0.500. The van der Waals surface area contributed by atoms with Crippen molar-refractivity contribution in [3.63, 3.8) is 0 Å². The molecule has 1 aromatic carbocycles. The Balaban J connectivity index is 2.86. The Morgan fingerprint density at radius 2 is 2.06 bits per heavy atom. The van der Waals surface area contributed by atoms with E-state index in [0.717, 1.165) is 6.07 Å². The van der Waals surface area contributed by atoms with Crippen LogP contribution in [-0.2, 0) is 4.74 Å². The lowest BCUT2D eigenvalue weighted by molar-refractivity contribution is 0.122. The molecule has 0 saturated carbocycles. The zero-order chi connectivity index (χ0) is 12.0. The van der Waals surface area contributed by atoms with E-state index in [4.69, 9.17) is 4.74 Å². The van der Waals surface area contributed by atoms with Gasteiger partial charge >= 0.3 is 0 Å². The summed E-state index contributed by atoms with van der Waals surface area (Å²) in [6.07, 6.45) is 0. The molecule has 1 N–H and O–H groups in total. The standard InChI is InChI=1S/C12H17F2NO/c1-3-15-11(8-16-4-2)9-6-5-7-10(13)12(9)14/h5-7,11,15H,3-4,8H2,1-2H3. The van der Waals surface area contributed by atoms with E-state index in [1.54, 1.807) is 6.07 Å². The molecule has 0 spiro atoms. The number of hydrogen-bond acceptors (Lipinski definition) is 2. The Kier molecular flexibility index (Phi) is 5.35. The van der Waals surface area contributed by atoms with Crippen molar-refractivity contribution in [2.75, 3.05) is 19.8 Å². The Morgan fingerprint density at radius 1 is 1.31 bits per heavy atom. The predicted octanol–water partition coefficient (Wildman–Crippen LogP) is 2.65. The molecule has 90 valence electrons. The van der Waals surface area contributed by atoms with Gasteiger partial charge in [-0.1, -0.05) is 19.1 Å². The average Bonchev–Trinajstić information content (AvgIpc) is 2.28. The van der Waals surface area contributed by atoms with Crippen LogP contribution in [0.4, 0.5) is 8.78 Å². The summed E-state index contributed by atoms with van der Waals surface area (Å²) in [5.74, 6) is -1.62. The first kappa shape index (κ1) is 13.1. The number of nitrogens with one attached hydrogen (secondary N) is 1. The van der Waals surface area contributed by atoms with Gasteiger partial charge < -0.3 is 10.1 Å². The van der Waals surface area contributed by atoms with E-state index in [-0.39, 0.29) is 6.04 Å². The van der Waals surface area contributed by atoms with Gasteiger partial charge in [-0.2, -0.15) is 0 Å². The van der Waals surface area contributed by atoms with Crippen LogP contribution in [0.2, 0.25) is 0 Å². The third-order valence-electron chi connectivity index (χ3n) is 2.30. The van der Waals surface area contributed by atoms with Gasteiger partial charge in [0.25, 0.3) is 0 Å². The fourth-order valence-corrected chi connectivity index (χ4v) is 1.53. The number of ether oxygens (including phenoxy) is 1. The molecule has 0 amide bonds. The van der Waals surface area contributed by atoms with Crippen LogP contribution < -0.4 is 5.32 Å². The summed E-state index contributed by atoms with van der Waals surface area (Å²) < 4.78 is 31.8. The highest BCUT2D eigenvalue weighted by atomic mass is 19.2. The number of hydrogen-bond donors (Lipinski definition) is 1. The summed E-state index contributed by atoms with van der Waals surface area (Å²) in [7, 11) is 0. The van der Waals surface area contributed by atoms with Gasteiger partial charge in [0.2, 0.25) is 0 Å². The maximum absolute atomic E-state index is 13.5. The lowest BCUT2D eigenvalue weighted by Crippen LogP contribution is -2.26. The van der Waals surface area contributed by atoms with Crippen LogP contribution in [0.3, 0.4) is 0 Å². The number of rotatable bonds is 6. The topological polar surface area (TPSA) is 21.3 Å². The summed E-state index contributed by atoms with van der Waals surface area (Å²) in [6.45, 7) is 5.35. The van der Waals surface area contributed by atoms with E-state index in [1.807, 2.05) is 13.8 Å². The van der Waals surface area contributed by atoms with Crippen molar-refractivity contribution in [1.82, 2.24) is 5.32 Å². The minimum absolute atomic E-state index is 0.305. The first-order valence-corrected chi connectivity index (χ1v) is 5.45. The lowest BCUT2D eigenvalue weighted by atomic mass is 10.1. The first-order chi connectivity index (χ1) is 7.70. The molecular weight excluding hydrogens is 212 g/mol. The fourth-order valence-electron chi connectivity index (χ4n) is 1.53. The first-order valence-electron chi connectivity index (χ1n) is 5.45. The van der Waals surface area contributed by atoms with Gasteiger partial charge in [-0.15, -0.1) is 0 Å². The van der Waals surface area contributed by atoms with E-state index < -0.39 is 11.6 Å². The van der Waals surface area contributed by atoms with E-state index in [1.165, 1.54) is 6.07 Å². The van der Waals surface area contributed by atoms with E-state index in [0.29, 0.717) is 25.3 Å². The SMILES string of the molecule is CCNC(COCC)c1cccc(F)c1F. The summed E-state index contributed by atoms with van der Waals surface area (Å²) in [6, 6.07) is 3.89. The van der Waals surface area contributed by atoms with Gasteiger partial charge in [-0.3, -0.25) is 0 Å². The summed E-state index contributed by atoms with van der Waals surface area (Å²) >= 11 is 0. The van der Waals surface area contributed by atoms with Crippen molar-refractivity contribution in [2.45, 2.75) is 19.9 Å². The van der Waals surface area contributed by atoms with Crippen molar-refractivity contribution in [3.8, 4) is 0 Å². The van der Waals surface area contributed by atoms with E-state index >= 15 is 0 Å².